The molecule has 0 atom stereocenters. The molecular formula is C14H23NO4. The summed E-state index contributed by atoms with van der Waals surface area (Å²) in [6, 6.07) is 0. The Labute approximate surface area is 113 Å². The van der Waals surface area contributed by atoms with Gasteiger partial charge in [-0.1, -0.05) is 19.8 Å². The van der Waals surface area contributed by atoms with E-state index in [1.807, 2.05) is 0 Å². The van der Waals surface area contributed by atoms with Crippen molar-refractivity contribution in [3.8, 4) is 0 Å². The van der Waals surface area contributed by atoms with Gasteiger partial charge in [0.1, 0.15) is 0 Å². The Kier molecular flexibility index (Phi) is 4.13. The quantitative estimate of drug-likeness (QED) is 0.767. The molecule has 0 aromatic heterocycles. The first-order valence-electron chi connectivity index (χ1n) is 6.99. The molecule has 2 aliphatic rings. The lowest BCUT2D eigenvalue weighted by atomic mass is 9.79. The number of hydrogen-bond acceptors (Lipinski definition) is 3. The molecule has 2 fully saturated rings. The van der Waals surface area contributed by atoms with Crippen LogP contribution < -0.4 is 5.32 Å². The number of ether oxygens (including phenoxy) is 1. The maximum atomic E-state index is 12.0. The van der Waals surface area contributed by atoms with E-state index in [1.54, 1.807) is 0 Å². The molecule has 1 saturated carbocycles. The number of hydrogen-bond donors (Lipinski definition) is 2. The lowest BCUT2D eigenvalue weighted by Gasteiger charge is -2.38. The van der Waals surface area contributed by atoms with Crippen LogP contribution in [0.5, 0.6) is 0 Å². The van der Waals surface area contributed by atoms with Crippen LogP contribution in [0.25, 0.3) is 0 Å². The van der Waals surface area contributed by atoms with Crippen molar-refractivity contribution in [2.75, 3.05) is 19.8 Å². The lowest BCUT2D eigenvalue weighted by Crippen LogP contribution is -2.49. The summed E-state index contributed by atoms with van der Waals surface area (Å²) < 4.78 is 5.15. The molecule has 2 rings (SSSR count). The van der Waals surface area contributed by atoms with E-state index in [4.69, 9.17) is 9.84 Å². The van der Waals surface area contributed by atoms with E-state index >= 15 is 0 Å². The monoisotopic (exact) mass is 269 g/mol. The summed E-state index contributed by atoms with van der Waals surface area (Å²) >= 11 is 0. The van der Waals surface area contributed by atoms with Gasteiger partial charge in [-0.25, -0.2) is 0 Å². The highest BCUT2D eigenvalue weighted by Crippen LogP contribution is 2.44. The Bertz CT molecular complexity index is 356. The summed E-state index contributed by atoms with van der Waals surface area (Å²) in [7, 11) is 0. The van der Waals surface area contributed by atoms with Crippen LogP contribution in [0.15, 0.2) is 0 Å². The topological polar surface area (TPSA) is 75.6 Å². The molecule has 1 aliphatic heterocycles. The van der Waals surface area contributed by atoms with Gasteiger partial charge >= 0.3 is 5.97 Å². The average molecular weight is 269 g/mol. The zero-order valence-corrected chi connectivity index (χ0v) is 11.5. The molecule has 0 spiro atoms. The van der Waals surface area contributed by atoms with Crippen molar-refractivity contribution in [2.24, 2.45) is 10.8 Å². The summed E-state index contributed by atoms with van der Waals surface area (Å²) in [6.07, 6.45) is 4.23. The maximum Gasteiger partial charge on any atom is 0.303 e. The van der Waals surface area contributed by atoms with Crippen molar-refractivity contribution in [3.63, 3.8) is 0 Å². The Morgan fingerprint density at radius 1 is 1.21 bits per heavy atom. The summed E-state index contributed by atoms with van der Waals surface area (Å²) in [4.78, 5) is 23.0. The zero-order chi connectivity index (χ0) is 13.9. The minimum absolute atomic E-state index is 0.0173. The zero-order valence-electron chi connectivity index (χ0n) is 11.5. The molecule has 0 aromatic carbocycles. The van der Waals surface area contributed by atoms with Crippen molar-refractivity contribution < 1.29 is 19.4 Å². The Hall–Kier alpha value is -1.10. The van der Waals surface area contributed by atoms with Crippen LogP contribution >= 0.6 is 0 Å². The Morgan fingerprint density at radius 2 is 1.84 bits per heavy atom. The fraction of sp³-hybridized carbons (Fsp3) is 0.857. The van der Waals surface area contributed by atoms with Gasteiger partial charge in [-0.2, -0.15) is 0 Å². The third-order valence-electron chi connectivity index (χ3n) is 4.34. The maximum absolute atomic E-state index is 12.0. The number of carboxylic acid groups (broad SMARTS) is 1. The normalized spacial score (nSPS) is 23.6. The van der Waals surface area contributed by atoms with Gasteiger partial charge in [0.25, 0.3) is 0 Å². The van der Waals surface area contributed by atoms with E-state index in [1.165, 1.54) is 0 Å². The number of aliphatic carboxylic acids is 1. The van der Waals surface area contributed by atoms with Crippen molar-refractivity contribution in [1.29, 1.82) is 0 Å². The third-order valence-corrected chi connectivity index (χ3v) is 4.34. The predicted octanol–water partition coefficient (Wildman–Crippen LogP) is 1.56. The molecule has 2 N–H and O–H groups in total. The average Bonchev–Trinajstić information content (AvgIpc) is 2.71. The SMILES string of the molecule is CC1(CNC(=O)CC2(CC(=O)O)CCCC2)COC1. The smallest absolute Gasteiger partial charge is 0.303 e. The van der Waals surface area contributed by atoms with Gasteiger partial charge in [0.15, 0.2) is 0 Å². The van der Waals surface area contributed by atoms with E-state index in [9.17, 15) is 9.59 Å². The molecule has 108 valence electrons. The van der Waals surface area contributed by atoms with Crippen LogP contribution in [-0.2, 0) is 14.3 Å². The van der Waals surface area contributed by atoms with E-state index in [2.05, 4.69) is 12.2 Å². The number of carboxylic acids is 1. The minimum atomic E-state index is -0.797. The van der Waals surface area contributed by atoms with E-state index < -0.39 is 5.97 Å². The van der Waals surface area contributed by atoms with E-state index in [-0.39, 0.29) is 23.2 Å². The van der Waals surface area contributed by atoms with Crippen molar-refractivity contribution >= 4 is 11.9 Å². The van der Waals surface area contributed by atoms with Crippen LogP contribution in [0, 0.1) is 10.8 Å². The fourth-order valence-corrected chi connectivity index (χ4v) is 3.13. The number of carbonyl (C=O) groups excluding carboxylic acids is 1. The van der Waals surface area contributed by atoms with Crippen LogP contribution in [0.1, 0.15) is 45.4 Å². The molecule has 1 heterocycles. The third kappa shape index (κ3) is 3.69. The molecular weight excluding hydrogens is 246 g/mol. The predicted molar refractivity (Wildman–Crippen MR) is 69.7 cm³/mol. The standard InChI is InChI=1S/C14H23NO4/c1-13(9-19-10-13)8-15-11(16)6-14(7-12(17)18)4-2-3-5-14/h2-10H2,1H3,(H,15,16)(H,17,18). The molecule has 19 heavy (non-hydrogen) atoms. The van der Waals surface area contributed by atoms with Gasteiger partial charge in [0.2, 0.25) is 5.91 Å². The molecule has 0 unspecified atom stereocenters. The molecule has 1 amide bonds. The highest BCUT2D eigenvalue weighted by Gasteiger charge is 2.39. The molecule has 0 aromatic rings. The molecule has 5 heteroatoms. The number of nitrogens with one attached hydrogen (secondary N) is 1. The molecule has 1 aliphatic carbocycles. The largest absolute Gasteiger partial charge is 0.481 e. The van der Waals surface area contributed by atoms with Crippen molar-refractivity contribution in [1.82, 2.24) is 5.32 Å². The highest BCUT2D eigenvalue weighted by molar-refractivity contribution is 5.78. The first-order valence-corrected chi connectivity index (χ1v) is 6.99. The van der Waals surface area contributed by atoms with Crippen LogP contribution in [0.4, 0.5) is 0 Å². The van der Waals surface area contributed by atoms with Crippen LogP contribution in [0.3, 0.4) is 0 Å². The highest BCUT2D eigenvalue weighted by atomic mass is 16.5. The first-order chi connectivity index (χ1) is 8.93. The fourth-order valence-electron chi connectivity index (χ4n) is 3.13. The number of rotatable bonds is 6. The van der Waals surface area contributed by atoms with Gasteiger partial charge < -0.3 is 15.2 Å². The Balaban J connectivity index is 1.83. The van der Waals surface area contributed by atoms with Crippen LogP contribution in [-0.4, -0.2) is 36.7 Å². The van der Waals surface area contributed by atoms with E-state index in [0.29, 0.717) is 26.2 Å². The second-order valence-corrected chi connectivity index (χ2v) is 6.53. The van der Waals surface area contributed by atoms with Gasteiger partial charge in [-0.05, 0) is 18.3 Å². The lowest BCUT2D eigenvalue weighted by molar-refractivity contribution is -0.140. The first kappa shape index (κ1) is 14.3. The minimum Gasteiger partial charge on any atom is -0.481 e. The summed E-state index contributed by atoms with van der Waals surface area (Å²) in [6.45, 7) is 4.08. The van der Waals surface area contributed by atoms with Gasteiger partial charge in [0, 0.05) is 18.4 Å². The second kappa shape index (κ2) is 5.49. The molecule has 0 radical (unpaired) electrons. The summed E-state index contributed by atoms with van der Waals surface area (Å²) in [5.74, 6) is -0.815. The van der Waals surface area contributed by atoms with Crippen LogP contribution in [0.2, 0.25) is 0 Å². The van der Waals surface area contributed by atoms with E-state index in [0.717, 1.165) is 25.7 Å². The number of amides is 1. The van der Waals surface area contributed by atoms with Gasteiger partial charge in [-0.15, -0.1) is 0 Å². The van der Waals surface area contributed by atoms with Crippen molar-refractivity contribution in [2.45, 2.75) is 45.4 Å². The Morgan fingerprint density at radius 3 is 2.32 bits per heavy atom. The van der Waals surface area contributed by atoms with Crippen molar-refractivity contribution in [3.05, 3.63) is 0 Å². The summed E-state index contributed by atoms with van der Waals surface area (Å²) in [5, 5.41) is 11.9. The van der Waals surface area contributed by atoms with Gasteiger partial charge in [0.05, 0.1) is 19.6 Å². The van der Waals surface area contributed by atoms with Gasteiger partial charge in [-0.3, -0.25) is 9.59 Å². The molecule has 5 nitrogen and oxygen atoms in total. The second-order valence-electron chi connectivity index (χ2n) is 6.53. The molecule has 0 bridgehead atoms. The summed E-state index contributed by atoms with van der Waals surface area (Å²) in [5.41, 5.74) is -0.252. The molecule has 1 saturated heterocycles. The number of carbonyl (C=O) groups is 2.